The summed E-state index contributed by atoms with van der Waals surface area (Å²) in [5.74, 6) is -0.922. The smallest absolute Gasteiger partial charge is 0.322 e. The maximum absolute atomic E-state index is 13.1. The molecule has 0 saturated heterocycles. The van der Waals surface area contributed by atoms with Crippen LogP contribution < -0.4 is 10.2 Å². The van der Waals surface area contributed by atoms with Crippen LogP contribution in [0.4, 0.5) is 24.5 Å². The van der Waals surface area contributed by atoms with Crippen molar-refractivity contribution < 1.29 is 22.8 Å². The lowest BCUT2D eigenvalue weighted by molar-refractivity contribution is -0.138. The molecule has 0 saturated carbocycles. The van der Waals surface area contributed by atoms with Gasteiger partial charge in [-0.05, 0) is 55.0 Å². The van der Waals surface area contributed by atoms with Crippen molar-refractivity contribution in [2.45, 2.75) is 13.1 Å². The van der Waals surface area contributed by atoms with Crippen LogP contribution >= 0.6 is 0 Å². The average Bonchev–Trinajstić information content (AvgIpc) is 2.74. The summed E-state index contributed by atoms with van der Waals surface area (Å²) < 4.78 is 39.3. The molecule has 4 nitrogen and oxygen atoms in total. The van der Waals surface area contributed by atoms with Gasteiger partial charge >= 0.3 is 6.18 Å². The molecule has 0 spiro atoms. The van der Waals surface area contributed by atoms with Gasteiger partial charge in [-0.3, -0.25) is 9.59 Å². The van der Waals surface area contributed by atoms with Gasteiger partial charge in [0.2, 0.25) is 0 Å². The van der Waals surface area contributed by atoms with Crippen LogP contribution in [0.3, 0.4) is 0 Å². The lowest BCUT2D eigenvalue weighted by Gasteiger charge is -2.17. The number of aryl methyl sites for hydroxylation is 1. The van der Waals surface area contributed by atoms with E-state index in [9.17, 15) is 22.8 Å². The molecule has 3 rings (SSSR count). The van der Waals surface area contributed by atoms with Crippen molar-refractivity contribution in [1.82, 2.24) is 0 Å². The molecule has 30 heavy (non-hydrogen) atoms. The summed E-state index contributed by atoms with van der Waals surface area (Å²) >= 11 is 0. The predicted octanol–water partition coefficient (Wildman–Crippen LogP) is 5.54. The Balaban J connectivity index is 1.81. The Morgan fingerprint density at radius 3 is 2.20 bits per heavy atom. The van der Waals surface area contributed by atoms with Crippen molar-refractivity contribution in [2.75, 3.05) is 17.3 Å². The topological polar surface area (TPSA) is 49.4 Å². The van der Waals surface area contributed by atoms with E-state index in [1.165, 1.54) is 36.1 Å². The molecule has 0 atom stereocenters. The third-order valence-electron chi connectivity index (χ3n) is 4.62. The Labute approximate surface area is 171 Å². The van der Waals surface area contributed by atoms with Gasteiger partial charge in [0.1, 0.15) is 0 Å². The van der Waals surface area contributed by atoms with Gasteiger partial charge in [0, 0.05) is 29.5 Å². The number of carbonyl (C=O) groups excluding carboxylic acids is 2. The summed E-state index contributed by atoms with van der Waals surface area (Å²) in [6.45, 7) is 1.35. The van der Waals surface area contributed by atoms with Gasteiger partial charge in [-0.1, -0.05) is 30.3 Å². The van der Waals surface area contributed by atoms with E-state index < -0.39 is 17.6 Å². The number of anilines is 2. The highest BCUT2D eigenvalue weighted by Crippen LogP contribution is 2.33. The third-order valence-corrected chi connectivity index (χ3v) is 4.62. The number of para-hydroxylation sites is 1. The van der Waals surface area contributed by atoms with Crippen LogP contribution in [-0.2, 0) is 6.18 Å². The fourth-order valence-corrected chi connectivity index (χ4v) is 2.96. The zero-order chi connectivity index (χ0) is 21.9. The van der Waals surface area contributed by atoms with Gasteiger partial charge in [0.25, 0.3) is 11.8 Å². The molecule has 154 valence electrons. The Hall–Kier alpha value is -3.61. The highest BCUT2D eigenvalue weighted by atomic mass is 19.4. The Bertz CT molecular complexity index is 1080. The Kier molecular flexibility index (Phi) is 5.91. The van der Waals surface area contributed by atoms with Crippen LogP contribution in [0.2, 0.25) is 0 Å². The Morgan fingerprint density at radius 2 is 1.53 bits per heavy atom. The highest BCUT2D eigenvalue weighted by molar-refractivity contribution is 6.09. The van der Waals surface area contributed by atoms with E-state index in [-0.39, 0.29) is 28.3 Å². The summed E-state index contributed by atoms with van der Waals surface area (Å²) in [7, 11) is 1.62. The van der Waals surface area contributed by atoms with Crippen LogP contribution in [-0.4, -0.2) is 18.9 Å². The van der Waals surface area contributed by atoms with Crippen molar-refractivity contribution in [2.24, 2.45) is 0 Å². The summed E-state index contributed by atoms with van der Waals surface area (Å²) in [6, 6.07) is 18.6. The molecule has 0 bridgehead atoms. The molecule has 7 heteroatoms. The lowest BCUT2D eigenvalue weighted by atomic mass is 10.1. The number of amides is 2. The van der Waals surface area contributed by atoms with Gasteiger partial charge in [0.15, 0.2) is 0 Å². The number of hydrogen-bond donors (Lipinski definition) is 1. The van der Waals surface area contributed by atoms with Crippen molar-refractivity contribution in [3.63, 3.8) is 0 Å². The van der Waals surface area contributed by atoms with Gasteiger partial charge in [-0.25, -0.2) is 0 Å². The normalized spacial score (nSPS) is 11.1. The minimum Gasteiger partial charge on any atom is -0.322 e. The summed E-state index contributed by atoms with van der Waals surface area (Å²) in [5.41, 5.74) is 0.420. The molecule has 0 aromatic heterocycles. The molecule has 0 fully saturated rings. The molecular formula is C23H19F3N2O2. The second-order valence-electron chi connectivity index (χ2n) is 6.76. The molecule has 0 unspecified atom stereocenters. The number of rotatable bonds is 4. The molecule has 0 radical (unpaired) electrons. The SMILES string of the molecule is Cc1ccc(NC(=O)c2cccc(C(=O)N(C)c3ccccc3)c2)cc1C(F)(F)F. The van der Waals surface area contributed by atoms with E-state index in [1.807, 2.05) is 6.07 Å². The fourth-order valence-electron chi connectivity index (χ4n) is 2.96. The molecule has 0 aliphatic carbocycles. The minimum absolute atomic E-state index is 0.0241. The first-order valence-corrected chi connectivity index (χ1v) is 9.09. The maximum Gasteiger partial charge on any atom is 0.416 e. The molecule has 0 aliphatic rings. The van der Waals surface area contributed by atoms with Crippen molar-refractivity contribution in [1.29, 1.82) is 0 Å². The molecule has 0 aliphatic heterocycles. The monoisotopic (exact) mass is 412 g/mol. The van der Waals surface area contributed by atoms with Gasteiger partial charge in [-0.15, -0.1) is 0 Å². The van der Waals surface area contributed by atoms with Crippen LogP contribution in [0, 0.1) is 6.92 Å². The second kappa shape index (κ2) is 8.41. The first-order chi connectivity index (χ1) is 14.2. The molecule has 3 aromatic rings. The van der Waals surface area contributed by atoms with Crippen LogP contribution in [0.5, 0.6) is 0 Å². The van der Waals surface area contributed by atoms with Crippen molar-refractivity contribution in [3.8, 4) is 0 Å². The quantitative estimate of drug-likeness (QED) is 0.611. The van der Waals surface area contributed by atoms with E-state index in [0.717, 1.165) is 6.07 Å². The zero-order valence-electron chi connectivity index (χ0n) is 16.3. The maximum atomic E-state index is 13.1. The van der Waals surface area contributed by atoms with Crippen LogP contribution in [0.25, 0.3) is 0 Å². The van der Waals surface area contributed by atoms with E-state index in [0.29, 0.717) is 5.69 Å². The summed E-state index contributed by atoms with van der Waals surface area (Å²) in [6.07, 6.45) is -4.51. The predicted molar refractivity (Wildman–Crippen MR) is 110 cm³/mol. The average molecular weight is 412 g/mol. The van der Waals surface area contributed by atoms with Crippen molar-refractivity contribution in [3.05, 3.63) is 95.1 Å². The number of alkyl halides is 3. The number of nitrogens with zero attached hydrogens (tertiary/aromatic N) is 1. The number of halogens is 3. The minimum atomic E-state index is -4.51. The molecule has 3 aromatic carbocycles. The lowest BCUT2D eigenvalue weighted by Crippen LogP contribution is -2.26. The number of benzene rings is 3. The zero-order valence-corrected chi connectivity index (χ0v) is 16.3. The van der Waals surface area contributed by atoms with Crippen molar-refractivity contribution >= 4 is 23.2 Å². The molecule has 0 heterocycles. The standard InChI is InChI=1S/C23H19F3N2O2/c1-15-11-12-18(14-20(15)23(24,25)26)27-21(29)16-7-6-8-17(13-16)22(30)28(2)19-9-4-3-5-10-19/h3-14H,1-2H3,(H,27,29). The first kappa shape index (κ1) is 21.1. The molecule has 2 amide bonds. The number of carbonyl (C=O) groups is 2. The number of nitrogens with one attached hydrogen (secondary N) is 1. The van der Waals surface area contributed by atoms with Gasteiger partial charge in [-0.2, -0.15) is 13.2 Å². The van der Waals surface area contributed by atoms with E-state index >= 15 is 0 Å². The van der Waals surface area contributed by atoms with Gasteiger partial charge < -0.3 is 10.2 Å². The fraction of sp³-hybridized carbons (Fsp3) is 0.130. The van der Waals surface area contributed by atoms with Crippen LogP contribution in [0.15, 0.2) is 72.8 Å². The van der Waals surface area contributed by atoms with E-state index in [2.05, 4.69) is 5.32 Å². The van der Waals surface area contributed by atoms with Gasteiger partial charge in [0.05, 0.1) is 5.56 Å². The van der Waals surface area contributed by atoms with Crippen LogP contribution in [0.1, 0.15) is 31.8 Å². The number of hydrogen-bond acceptors (Lipinski definition) is 2. The Morgan fingerprint density at radius 1 is 0.867 bits per heavy atom. The molecular weight excluding hydrogens is 393 g/mol. The molecule has 1 N–H and O–H groups in total. The highest BCUT2D eigenvalue weighted by Gasteiger charge is 2.32. The largest absolute Gasteiger partial charge is 0.416 e. The third kappa shape index (κ3) is 4.68. The summed E-state index contributed by atoms with van der Waals surface area (Å²) in [4.78, 5) is 26.7. The second-order valence-corrected chi connectivity index (χ2v) is 6.76. The van der Waals surface area contributed by atoms with E-state index in [4.69, 9.17) is 0 Å². The summed E-state index contributed by atoms with van der Waals surface area (Å²) in [5, 5.41) is 2.46. The first-order valence-electron chi connectivity index (χ1n) is 9.09. The van der Waals surface area contributed by atoms with E-state index in [1.54, 1.807) is 43.4 Å².